The second-order valence-electron chi connectivity index (χ2n) is 6.92. The van der Waals surface area contributed by atoms with Crippen molar-refractivity contribution in [2.24, 2.45) is 17.2 Å². The molecule has 0 radical (unpaired) electrons. The van der Waals surface area contributed by atoms with Crippen molar-refractivity contribution >= 4 is 5.97 Å². The van der Waals surface area contributed by atoms with Crippen LogP contribution in [0.25, 0.3) is 0 Å². The Kier molecular flexibility index (Phi) is 51.7. The molecule has 0 amide bonds. The Morgan fingerprint density at radius 2 is 0.800 bits per heavy atom. The summed E-state index contributed by atoms with van der Waals surface area (Å²) >= 11 is 0. The van der Waals surface area contributed by atoms with Crippen molar-refractivity contribution in [2.75, 3.05) is 39.5 Å². The number of hydrogen-bond acceptors (Lipinski definition) is 7. The van der Waals surface area contributed by atoms with Crippen LogP contribution >= 0.6 is 0 Å². The van der Waals surface area contributed by atoms with Gasteiger partial charge in [0, 0.05) is 26.1 Å². The Hall–Kier alpha value is -0.770. The first-order valence-electron chi connectivity index (χ1n) is 11.7. The van der Waals surface area contributed by atoms with Gasteiger partial charge >= 0.3 is 5.97 Å². The number of carbonyl (C=O) groups is 1. The molecule has 0 spiro atoms. The van der Waals surface area contributed by atoms with E-state index in [-0.39, 0.29) is 19.8 Å². The monoisotopic (exact) mass is 439 g/mol. The van der Waals surface area contributed by atoms with Crippen LogP contribution < -0.4 is 17.2 Å². The number of nitrogens with two attached hydrogens (primary N) is 3. The third-order valence-electron chi connectivity index (χ3n) is 3.88. The van der Waals surface area contributed by atoms with E-state index in [1.165, 1.54) is 70.6 Å². The summed E-state index contributed by atoms with van der Waals surface area (Å²) in [5.41, 5.74) is 14.3. The number of unbranched alkanes of at least 4 members (excludes halogenated alkanes) is 12. The van der Waals surface area contributed by atoms with Crippen molar-refractivity contribution in [3.05, 3.63) is 0 Å². The number of aliphatic hydroxyl groups is 3. The third kappa shape index (κ3) is 63.1. The smallest absolute Gasteiger partial charge is 0.303 e. The molecule has 0 heterocycles. The van der Waals surface area contributed by atoms with Gasteiger partial charge in [0.1, 0.15) is 0 Å². The summed E-state index contributed by atoms with van der Waals surface area (Å²) in [6, 6.07) is 0. The zero-order chi connectivity index (χ0) is 23.7. The van der Waals surface area contributed by atoms with Crippen molar-refractivity contribution in [2.45, 2.75) is 96.8 Å². The molecule has 30 heavy (non-hydrogen) atoms. The highest BCUT2D eigenvalue weighted by molar-refractivity contribution is 5.66. The van der Waals surface area contributed by atoms with Crippen molar-refractivity contribution < 1.29 is 25.2 Å². The van der Waals surface area contributed by atoms with E-state index in [4.69, 9.17) is 37.6 Å². The van der Waals surface area contributed by atoms with Crippen LogP contribution in [0.15, 0.2) is 0 Å². The van der Waals surface area contributed by atoms with Crippen molar-refractivity contribution in [3.8, 4) is 0 Å². The average Bonchev–Trinajstić information content (AvgIpc) is 2.77. The van der Waals surface area contributed by atoms with Gasteiger partial charge in [0.15, 0.2) is 0 Å². The van der Waals surface area contributed by atoms with Gasteiger partial charge in [-0.1, -0.05) is 84.0 Å². The Balaban J connectivity index is -0.000000229. The first-order valence-corrected chi connectivity index (χ1v) is 11.7. The summed E-state index contributed by atoms with van der Waals surface area (Å²) in [4.78, 5) is 10.3. The lowest BCUT2D eigenvalue weighted by atomic mass is 10.0. The lowest BCUT2D eigenvalue weighted by molar-refractivity contribution is -0.137. The molecule has 0 unspecified atom stereocenters. The van der Waals surface area contributed by atoms with E-state index in [1.807, 2.05) is 0 Å². The van der Waals surface area contributed by atoms with Crippen molar-refractivity contribution in [1.82, 2.24) is 0 Å². The molecule has 8 heteroatoms. The minimum absolute atomic E-state index is 0.0972. The second-order valence-corrected chi connectivity index (χ2v) is 6.92. The summed E-state index contributed by atoms with van der Waals surface area (Å²) in [7, 11) is 0. The van der Waals surface area contributed by atoms with Gasteiger partial charge in [-0.15, -0.1) is 0 Å². The predicted octanol–water partition coefficient (Wildman–Crippen LogP) is 2.36. The van der Waals surface area contributed by atoms with Gasteiger partial charge in [-0.25, -0.2) is 0 Å². The van der Waals surface area contributed by atoms with Crippen LogP contribution in [-0.4, -0.2) is 65.9 Å². The fourth-order valence-electron chi connectivity index (χ4n) is 2.29. The van der Waals surface area contributed by atoms with Gasteiger partial charge in [-0.05, 0) is 6.42 Å². The summed E-state index contributed by atoms with van der Waals surface area (Å²) in [5.74, 6) is -0.655. The highest BCUT2D eigenvalue weighted by atomic mass is 16.4. The van der Waals surface area contributed by atoms with Gasteiger partial charge in [-0.3, -0.25) is 4.79 Å². The molecule has 0 aromatic heterocycles. The van der Waals surface area contributed by atoms with Crippen LogP contribution in [-0.2, 0) is 4.79 Å². The SMILES string of the molecule is CCCCCCCCCCCCCCCC(=O)O.NCCO.NCCO.NCCO. The first-order chi connectivity index (χ1) is 14.5. The molecule has 0 bridgehead atoms. The number of aliphatic carboxylic acids is 1. The van der Waals surface area contributed by atoms with E-state index in [1.54, 1.807) is 0 Å². The van der Waals surface area contributed by atoms with E-state index in [2.05, 4.69) is 6.92 Å². The molecule has 0 saturated carbocycles. The Morgan fingerprint density at radius 3 is 1.00 bits per heavy atom. The number of carboxylic acid groups (broad SMARTS) is 1. The summed E-state index contributed by atoms with van der Waals surface area (Å²) in [6.07, 6.45) is 17.3. The number of hydrogen-bond donors (Lipinski definition) is 7. The van der Waals surface area contributed by atoms with E-state index >= 15 is 0 Å². The lowest BCUT2D eigenvalue weighted by Crippen LogP contribution is -2.02. The van der Waals surface area contributed by atoms with Crippen molar-refractivity contribution in [3.63, 3.8) is 0 Å². The van der Waals surface area contributed by atoms with Gasteiger partial charge in [0.05, 0.1) is 19.8 Å². The maximum absolute atomic E-state index is 10.3. The summed E-state index contributed by atoms with van der Waals surface area (Å²) in [6.45, 7) is 3.68. The van der Waals surface area contributed by atoms with Gasteiger partial charge in [0.2, 0.25) is 0 Å². The largest absolute Gasteiger partial charge is 0.481 e. The normalized spacial score (nSPS) is 9.43. The van der Waals surface area contributed by atoms with Crippen LogP contribution in [0.1, 0.15) is 96.8 Å². The van der Waals surface area contributed by atoms with Crippen LogP contribution in [0.3, 0.4) is 0 Å². The molecule has 8 nitrogen and oxygen atoms in total. The number of rotatable bonds is 17. The van der Waals surface area contributed by atoms with Gasteiger partial charge in [0.25, 0.3) is 0 Å². The third-order valence-corrected chi connectivity index (χ3v) is 3.88. The molecule has 0 aliphatic rings. The summed E-state index contributed by atoms with van der Waals surface area (Å²) < 4.78 is 0. The van der Waals surface area contributed by atoms with Gasteiger partial charge < -0.3 is 37.6 Å². The molecule has 0 fully saturated rings. The summed E-state index contributed by atoms with van der Waals surface area (Å²) in [5, 5.41) is 31.7. The number of aliphatic hydroxyl groups excluding tert-OH is 3. The molecule has 0 aromatic carbocycles. The predicted molar refractivity (Wildman–Crippen MR) is 126 cm³/mol. The topological polar surface area (TPSA) is 176 Å². The molecule has 0 aliphatic heterocycles. The van der Waals surface area contributed by atoms with Gasteiger partial charge in [-0.2, -0.15) is 0 Å². The molecule has 0 rings (SSSR count). The van der Waals surface area contributed by atoms with Crippen LogP contribution in [0.5, 0.6) is 0 Å². The Bertz CT molecular complexity index is 258. The molecular formula is C22H53N3O5. The molecular weight excluding hydrogens is 386 g/mol. The average molecular weight is 440 g/mol. The Morgan fingerprint density at radius 1 is 0.567 bits per heavy atom. The van der Waals surface area contributed by atoms with Crippen LogP contribution in [0, 0.1) is 0 Å². The molecule has 10 N–H and O–H groups in total. The van der Waals surface area contributed by atoms with Crippen LogP contribution in [0.2, 0.25) is 0 Å². The van der Waals surface area contributed by atoms with E-state index in [0.29, 0.717) is 26.1 Å². The van der Waals surface area contributed by atoms with E-state index < -0.39 is 5.97 Å². The molecule has 0 aliphatic carbocycles. The van der Waals surface area contributed by atoms with E-state index in [9.17, 15) is 4.79 Å². The highest BCUT2D eigenvalue weighted by Gasteiger charge is 1.96. The highest BCUT2D eigenvalue weighted by Crippen LogP contribution is 2.12. The minimum atomic E-state index is -0.655. The lowest BCUT2D eigenvalue weighted by Gasteiger charge is -2.02. The van der Waals surface area contributed by atoms with Crippen LogP contribution in [0.4, 0.5) is 0 Å². The maximum Gasteiger partial charge on any atom is 0.303 e. The Labute approximate surface area is 185 Å². The fraction of sp³-hybridized carbons (Fsp3) is 0.955. The minimum Gasteiger partial charge on any atom is -0.481 e. The molecule has 0 saturated heterocycles. The van der Waals surface area contributed by atoms with Crippen molar-refractivity contribution in [1.29, 1.82) is 0 Å². The zero-order valence-electron chi connectivity index (χ0n) is 19.6. The molecule has 0 atom stereocenters. The zero-order valence-corrected chi connectivity index (χ0v) is 19.6. The maximum atomic E-state index is 10.3. The quantitative estimate of drug-likeness (QED) is 0.169. The second kappa shape index (κ2) is 42.4. The fourth-order valence-corrected chi connectivity index (χ4v) is 2.29. The first kappa shape index (κ1) is 36.6. The standard InChI is InChI=1S/C16H32O2.3C2H7NO/c1-2-3-4-5-6-7-8-9-10-11-12-13-14-15-16(17)18;3*3-1-2-4/h2-15H2,1H3,(H,17,18);3*4H,1-3H2. The van der Waals surface area contributed by atoms with E-state index in [0.717, 1.165) is 12.8 Å². The molecule has 0 aromatic rings. The molecule has 186 valence electrons. The number of carboxylic acids is 1.